The van der Waals surface area contributed by atoms with Gasteiger partial charge in [0.15, 0.2) is 12.9 Å². The van der Waals surface area contributed by atoms with Crippen LogP contribution in [0.4, 0.5) is 5.69 Å². The van der Waals surface area contributed by atoms with Gasteiger partial charge in [0.05, 0.1) is 17.3 Å². The lowest BCUT2D eigenvalue weighted by Crippen LogP contribution is -2.21. The van der Waals surface area contributed by atoms with Crippen LogP contribution in [0.15, 0.2) is 65.6 Å². The Morgan fingerprint density at radius 1 is 1.17 bits per heavy atom. The first-order valence-electron chi connectivity index (χ1n) is 9.14. The average Bonchev–Trinajstić information content (AvgIpc) is 2.73. The Hall–Kier alpha value is -3.30. The molecule has 0 radical (unpaired) electrons. The molecule has 1 amide bonds. The number of rotatable bonds is 8. The second kappa shape index (κ2) is 9.76. The van der Waals surface area contributed by atoms with E-state index in [1.807, 2.05) is 61.5 Å². The first-order chi connectivity index (χ1) is 14.1. The number of carbonyl (C=O) groups excluding carboxylic acids is 2. The number of carbonyl (C=O) groups is 2. The van der Waals surface area contributed by atoms with Gasteiger partial charge in [0, 0.05) is 16.6 Å². The van der Waals surface area contributed by atoms with Crippen LogP contribution in [0, 0.1) is 11.3 Å². The molecular weight excluding hydrogens is 384 g/mol. The number of hydrogen-bond donors (Lipinski definition) is 1. The monoisotopic (exact) mass is 404 g/mol. The maximum Gasteiger partial charge on any atom is 0.262 e. The van der Waals surface area contributed by atoms with Crippen molar-refractivity contribution in [2.75, 3.05) is 11.9 Å². The molecule has 0 saturated carbocycles. The molecule has 1 N–H and O–H groups in total. The number of fused-ring (bicyclic) bond motifs is 1. The van der Waals surface area contributed by atoms with Crippen molar-refractivity contribution < 1.29 is 14.3 Å². The fourth-order valence-electron chi connectivity index (χ4n) is 2.91. The summed E-state index contributed by atoms with van der Waals surface area (Å²) in [6.07, 6.45) is 1.17. The molecule has 0 bridgehead atoms. The summed E-state index contributed by atoms with van der Waals surface area (Å²) in [5, 5.41) is 13.5. The number of nitrogens with one attached hydrogen (secondary N) is 1. The molecule has 5 nitrogen and oxygen atoms in total. The average molecular weight is 404 g/mol. The Bertz CT molecular complexity index is 1080. The van der Waals surface area contributed by atoms with Gasteiger partial charge in [0.1, 0.15) is 5.75 Å². The summed E-state index contributed by atoms with van der Waals surface area (Å²) in [6.45, 7) is 1.75. The van der Waals surface area contributed by atoms with Crippen LogP contribution < -0.4 is 10.1 Å². The Morgan fingerprint density at radius 3 is 2.72 bits per heavy atom. The van der Waals surface area contributed by atoms with E-state index in [4.69, 9.17) is 10.00 Å². The molecule has 0 spiro atoms. The van der Waals surface area contributed by atoms with Crippen molar-refractivity contribution in [1.29, 1.82) is 5.26 Å². The number of nitriles is 1. The van der Waals surface area contributed by atoms with Crippen LogP contribution in [-0.2, 0) is 4.79 Å². The number of benzene rings is 3. The highest BCUT2D eigenvalue weighted by molar-refractivity contribution is 8.00. The van der Waals surface area contributed by atoms with Crippen LogP contribution in [0.3, 0.4) is 0 Å². The first-order valence-corrected chi connectivity index (χ1v) is 10.0. The fraction of sp³-hybridized carbons (Fsp3) is 0.174. The summed E-state index contributed by atoms with van der Waals surface area (Å²) >= 11 is 1.53. The minimum absolute atomic E-state index is 0.113. The summed E-state index contributed by atoms with van der Waals surface area (Å²) in [5.74, 6) is 0.0511. The van der Waals surface area contributed by atoms with Gasteiger partial charge in [-0.2, -0.15) is 5.26 Å². The third-order valence-corrected chi connectivity index (χ3v) is 5.45. The van der Waals surface area contributed by atoms with E-state index < -0.39 is 0 Å². The van der Waals surface area contributed by atoms with E-state index in [1.54, 1.807) is 6.07 Å². The first kappa shape index (κ1) is 20.4. The summed E-state index contributed by atoms with van der Waals surface area (Å²) in [5.41, 5.74) is 1.10. The lowest BCUT2D eigenvalue weighted by Gasteiger charge is -2.14. The van der Waals surface area contributed by atoms with Gasteiger partial charge < -0.3 is 10.1 Å². The van der Waals surface area contributed by atoms with Crippen LogP contribution in [0.5, 0.6) is 5.75 Å². The molecule has 0 heterocycles. The normalized spacial score (nSPS) is 11.4. The molecule has 1 atom stereocenters. The number of nitrogens with zero attached hydrogens (tertiary/aromatic N) is 1. The Kier molecular flexibility index (Phi) is 6.88. The molecule has 0 fully saturated rings. The summed E-state index contributed by atoms with van der Waals surface area (Å²) in [4.78, 5) is 24.9. The minimum atomic E-state index is -0.323. The number of amides is 1. The zero-order chi connectivity index (χ0) is 20.6. The van der Waals surface area contributed by atoms with E-state index in [0.29, 0.717) is 23.4 Å². The van der Waals surface area contributed by atoms with Crippen molar-refractivity contribution in [2.24, 2.45) is 0 Å². The number of thioether (sulfide) groups is 1. The van der Waals surface area contributed by atoms with Crippen LogP contribution >= 0.6 is 11.8 Å². The van der Waals surface area contributed by atoms with E-state index in [-0.39, 0.29) is 17.8 Å². The van der Waals surface area contributed by atoms with Gasteiger partial charge in [-0.05, 0) is 29.0 Å². The molecule has 3 rings (SSSR count). The van der Waals surface area contributed by atoms with Crippen molar-refractivity contribution in [3.8, 4) is 11.8 Å². The van der Waals surface area contributed by atoms with Crippen LogP contribution in [0.1, 0.15) is 23.7 Å². The maximum atomic E-state index is 12.4. The predicted octanol–water partition coefficient (Wildman–Crippen LogP) is 5.06. The summed E-state index contributed by atoms with van der Waals surface area (Å²) < 4.78 is 5.64. The minimum Gasteiger partial charge on any atom is -0.483 e. The molecule has 0 saturated heterocycles. The SMILES string of the molecule is CC(CC#N)Sc1ccccc1NC(=O)COc1ccc2ccccc2c1C=O. The second-order valence-electron chi connectivity index (χ2n) is 6.44. The quantitative estimate of drug-likeness (QED) is 0.419. The largest absolute Gasteiger partial charge is 0.483 e. The third-order valence-electron chi connectivity index (χ3n) is 4.28. The maximum absolute atomic E-state index is 12.4. The molecule has 6 heteroatoms. The van der Waals surface area contributed by atoms with Crippen molar-refractivity contribution in [3.63, 3.8) is 0 Å². The molecular formula is C23H20N2O3S. The van der Waals surface area contributed by atoms with E-state index in [1.165, 1.54) is 11.8 Å². The van der Waals surface area contributed by atoms with Crippen LogP contribution in [0.2, 0.25) is 0 Å². The highest BCUT2D eigenvalue weighted by atomic mass is 32.2. The number of ether oxygens (including phenoxy) is 1. The van der Waals surface area contributed by atoms with Crippen LogP contribution in [0.25, 0.3) is 10.8 Å². The van der Waals surface area contributed by atoms with Crippen molar-refractivity contribution >= 4 is 40.4 Å². The molecule has 0 aliphatic heterocycles. The number of aldehydes is 1. The summed E-state index contributed by atoms with van der Waals surface area (Å²) in [7, 11) is 0. The summed E-state index contributed by atoms with van der Waals surface area (Å²) in [6, 6.07) is 20.7. The highest BCUT2D eigenvalue weighted by Crippen LogP contribution is 2.31. The van der Waals surface area contributed by atoms with Crippen LogP contribution in [-0.4, -0.2) is 24.1 Å². The lowest BCUT2D eigenvalue weighted by atomic mass is 10.0. The number of anilines is 1. The van der Waals surface area contributed by atoms with Gasteiger partial charge in [-0.3, -0.25) is 9.59 Å². The van der Waals surface area contributed by atoms with E-state index >= 15 is 0 Å². The van der Waals surface area contributed by atoms with Gasteiger partial charge in [0.2, 0.25) is 0 Å². The zero-order valence-corrected chi connectivity index (χ0v) is 16.7. The molecule has 29 heavy (non-hydrogen) atoms. The molecule has 146 valence electrons. The van der Waals surface area contributed by atoms with Crippen molar-refractivity contribution in [3.05, 3.63) is 66.2 Å². The van der Waals surface area contributed by atoms with Gasteiger partial charge in [-0.25, -0.2) is 0 Å². The Morgan fingerprint density at radius 2 is 1.93 bits per heavy atom. The molecule has 3 aromatic rings. The molecule has 0 aliphatic carbocycles. The van der Waals surface area contributed by atoms with Gasteiger partial charge in [0.25, 0.3) is 5.91 Å². The predicted molar refractivity (Wildman–Crippen MR) is 115 cm³/mol. The van der Waals surface area contributed by atoms with Gasteiger partial charge >= 0.3 is 0 Å². The van der Waals surface area contributed by atoms with E-state index in [0.717, 1.165) is 22.0 Å². The van der Waals surface area contributed by atoms with Gasteiger partial charge in [-0.1, -0.05) is 49.4 Å². The van der Waals surface area contributed by atoms with Crippen molar-refractivity contribution in [1.82, 2.24) is 0 Å². The second-order valence-corrected chi connectivity index (χ2v) is 7.92. The topological polar surface area (TPSA) is 79.2 Å². The highest BCUT2D eigenvalue weighted by Gasteiger charge is 2.13. The van der Waals surface area contributed by atoms with Crippen molar-refractivity contribution in [2.45, 2.75) is 23.5 Å². The zero-order valence-electron chi connectivity index (χ0n) is 15.9. The smallest absolute Gasteiger partial charge is 0.262 e. The Balaban J connectivity index is 1.69. The fourth-order valence-corrected chi connectivity index (χ4v) is 3.91. The Labute approximate surface area is 173 Å². The molecule has 0 aliphatic rings. The molecule has 3 aromatic carbocycles. The third kappa shape index (κ3) is 5.15. The number of hydrogen-bond acceptors (Lipinski definition) is 5. The van der Waals surface area contributed by atoms with E-state index in [9.17, 15) is 9.59 Å². The van der Waals surface area contributed by atoms with Gasteiger partial charge in [-0.15, -0.1) is 11.8 Å². The standard InChI is InChI=1S/C23H20N2O3S/c1-16(12-13-24)29-22-9-5-4-8-20(22)25-23(27)15-28-21-11-10-17-6-2-3-7-18(17)19(21)14-26/h2-11,14,16H,12,15H2,1H3,(H,25,27). The lowest BCUT2D eigenvalue weighted by molar-refractivity contribution is -0.118. The van der Waals surface area contributed by atoms with E-state index in [2.05, 4.69) is 11.4 Å². The number of para-hydroxylation sites is 1. The molecule has 0 aromatic heterocycles. The molecule has 1 unspecified atom stereocenters.